The molecule has 3 N–H and O–H groups in total. The Morgan fingerprint density at radius 3 is 1.69 bits per heavy atom. The molecule has 1 saturated heterocycles. The van der Waals surface area contributed by atoms with Crippen molar-refractivity contribution < 1.29 is 42.8 Å². The van der Waals surface area contributed by atoms with Gasteiger partial charge in [0.1, 0.15) is 52.5 Å². The smallest absolute Gasteiger partial charge is 0.347 e. The average Bonchev–Trinajstić information content (AvgIpc) is 3.30. The largest absolute Gasteiger partial charge is 0.505 e. The van der Waals surface area contributed by atoms with Crippen LogP contribution in [0.25, 0.3) is 22.1 Å². The SMILES string of the molecule is CC(C)N1CCN(CCNC(=O)c2c(O)c3ncc(Cc4ccc(F)cc4)c4c3n(c2=O)CCO4)CC1.CCOC(=O)c1c(O)c2ncc(Cc3ccc(F)cc3)c3c2n(c1=O)CCO3. The van der Waals surface area contributed by atoms with Gasteiger partial charge in [-0.2, -0.15) is 0 Å². The lowest BCUT2D eigenvalue weighted by Crippen LogP contribution is -2.50. The van der Waals surface area contributed by atoms with Gasteiger partial charge in [-0.25, -0.2) is 13.6 Å². The molecule has 0 unspecified atom stereocenters. The van der Waals surface area contributed by atoms with Gasteiger partial charge in [-0.1, -0.05) is 24.3 Å². The van der Waals surface area contributed by atoms with Crippen LogP contribution < -0.4 is 25.9 Å². The molecule has 340 valence electrons. The third kappa shape index (κ3) is 9.08. The monoisotopic (exact) mass is 893 g/mol. The molecular formula is C47H49F2N7O9. The minimum atomic E-state index is -0.888. The van der Waals surface area contributed by atoms with E-state index in [1.807, 2.05) is 0 Å². The number of carbonyl (C=O) groups is 2. The summed E-state index contributed by atoms with van der Waals surface area (Å²) in [6.45, 7) is 11.9. The van der Waals surface area contributed by atoms with Gasteiger partial charge in [0, 0.05) is 81.7 Å². The Morgan fingerprint density at radius 1 is 0.738 bits per heavy atom. The fourth-order valence-electron chi connectivity index (χ4n) is 8.44. The molecule has 0 saturated carbocycles. The number of nitrogens with zero attached hydrogens (tertiary/aromatic N) is 6. The standard InChI is InChI=1S/C27H32FN5O4.C20H17FN2O5/c1-17(2)32-11-9-31(10-12-32)8-7-29-26(35)21-24(34)22-23-25(37-14-13-33(23)27(21)36)19(16-30-22)15-18-3-5-20(28)6-4-18;1-2-27-20(26)14-17(24)15-16-18(28-8-7-23(16)19(14)25)12(10-22-15)9-11-3-5-13(21)6-4-11/h3-6,16-17,34H,7-15H2,1-2H3,(H,29,35);3-6,10,24H,2,7-9H2,1H3. The van der Waals surface area contributed by atoms with Gasteiger partial charge in [-0.15, -0.1) is 0 Å². The maximum absolute atomic E-state index is 13.3. The first-order chi connectivity index (χ1) is 31.3. The second kappa shape index (κ2) is 19.0. The molecule has 9 rings (SSSR count). The van der Waals surface area contributed by atoms with Crippen LogP contribution in [-0.2, 0) is 30.7 Å². The number of amides is 1. The predicted molar refractivity (Wildman–Crippen MR) is 236 cm³/mol. The zero-order valence-corrected chi connectivity index (χ0v) is 36.2. The van der Waals surface area contributed by atoms with E-state index < -0.39 is 40.1 Å². The molecule has 0 bridgehead atoms. The fraction of sp³-hybridized carbons (Fsp3) is 0.362. The van der Waals surface area contributed by atoms with E-state index in [1.165, 1.54) is 39.6 Å². The molecule has 18 heteroatoms. The van der Waals surface area contributed by atoms with Crippen LogP contribution in [-0.4, -0.2) is 116 Å². The number of pyridine rings is 4. The van der Waals surface area contributed by atoms with Crippen molar-refractivity contribution in [3.05, 3.63) is 127 Å². The van der Waals surface area contributed by atoms with Crippen molar-refractivity contribution in [2.75, 3.05) is 59.1 Å². The summed E-state index contributed by atoms with van der Waals surface area (Å²) >= 11 is 0. The van der Waals surface area contributed by atoms with Gasteiger partial charge in [0.15, 0.2) is 28.6 Å². The lowest BCUT2D eigenvalue weighted by molar-refractivity contribution is 0.0520. The van der Waals surface area contributed by atoms with E-state index in [2.05, 4.69) is 38.9 Å². The van der Waals surface area contributed by atoms with E-state index in [9.17, 15) is 38.2 Å². The van der Waals surface area contributed by atoms with Gasteiger partial charge in [0.25, 0.3) is 17.0 Å². The van der Waals surface area contributed by atoms with Crippen LogP contribution in [0.4, 0.5) is 8.78 Å². The Bertz CT molecular complexity index is 2900. The highest BCUT2D eigenvalue weighted by Crippen LogP contribution is 2.38. The van der Waals surface area contributed by atoms with Crippen molar-refractivity contribution in [1.29, 1.82) is 0 Å². The molecule has 65 heavy (non-hydrogen) atoms. The Balaban J connectivity index is 0.000000184. The van der Waals surface area contributed by atoms with Crippen LogP contribution in [0.15, 0.2) is 70.5 Å². The van der Waals surface area contributed by atoms with Crippen LogP contribution in [0.1, 0.15) is 63.7 Å². The van der Waals surface area contributed by atoms with Crippen molar-refractivity contribution in [2.24, 2.45) is 0 Å². The quantitative estimate of drug-likeness (QED) is 0.156. The molecule has 0 aliphatic carbocycles. The summed E-state index contributed by atoms with van der Waals surface area (Å²) in [5, 5.41) is 24.3. The molecular weight excluding hydrogens is 845 g/mol. The van der Waals surface area contributed by atoms with Gasteiger partial charge in [-0.05, 0) is 56.2 Å². The first kappa shape index (κ1) is 44.7. The van der Waals surface area contributed by atoms with Gasteiger partial charge in [0.05, 0.1) is 19.7 Å². The summed E-state index contributed by atoms with van der Waals surface area (Å²) in [6.07, 6.45) is 3.92. The Morgan fingerprint density at radius 2 is 1.22 bits per heavy atom. The average molecular weight is 894 g/mol. The number of rotatable bonds is 11. The number of halogens is 2. The van der Waals surface area contributed by atoms with E-state index in [0.717, 1.165) is 37.3 Å². The first-order valence-corrected chi connectivity index (χ1v) is 21.5. The Labute approximate surface area is 371 Å². The predicted octanol–water partition coefficient (Wildman–Crippen LogP) is 4.38. The second-order valence-corrected chi connectivity index (χ2v) is 16.2. The van der Waals surface area contributed by atoms with Gasteiger partial charge in [-0.3, -0.25) is 43.3 Å². The van der Waals surface area contributed by atoms with Crippen LogP contribution >= 0.6 is 0 Å². The number of aromatic hydroxyl groups is 2. The molecule has 2 aromatic carbocycles. The third-order valence-corrected chi connectivity index (χ3v) is 11.8. The summed E-state index contributed by atoms with van der Waals surface area (Å²) < 4.78 is 45.9. The minimum absolute atomic E-state index is 0.0775. The highest BCUT2D eigenvalue weighted by molar-refractivity contribution is 6.02. The number of aromatic nitrogens is 4. The van der Waals surface area contributed by atoms with Crippen molar-refractivity contribution in [3.8, 4) is 23.0 Å². The maximum atomic E-state index is 13.3. The van der Waals surface area contributed by atoms with E-state index in [-0.39, 0.29) is 61.1 Å². The first-order valence-electron chi connectivity index (χ1n) is 21.5. The number of benzene rings is 2. The van der Waals surface area contributed by atoms with Crippen LogP contribution in [0, 0.1) is 11.6 Å². The number of esters is 1. The highest BCUT2D eigenvalue weighted by atomic mass is 19.1. The molecule has 1 fully saturated rings. The summed E-state index contributed by atoms with van der Waals surface area (Å²) in [4.78, 5) is 64.7. The summed E-state index contributed by atoms with van der Waals surface area (Å²) in [6, 6.07) is 12.7. The van der Waals surface area contributed by atoms with Crippen molar-refractivity contribution in [2.45, 2.75) is 52.7 Å². The number of piperazine rings is 1. The second-order valence-electron chi connectivity index (χ2n) is 16.2. The zero-order chi connectivity index (χ0) is 45.9. The van der Waals surface area contributed by atoms with E-state index in [4.69, 9.17) is 14.2 Å². The van der Waals surface area contributed by atoms with Gasteiger partial charge in [0.2, 0.25) is 0 Å². The molecule has 1 amide bonds. The topological polar surface area (TPSA) is 191 Å². The summed E-state index contributed by atoms with van der Waals surface area (Å²) in [5.74, 6) is -2.25. The Kier molecular flexibility index (Phi) is 13.1. The lowest BCUT2D eigenvalue weighted by Gasteiger charge is -2.36. The molecule has 6 aromatic rings. The van der Waals surface area contributed by atoms with Crippen LogP contribution in [0.3, 0.4) is 0 Å². The Hall–Kier alpha value is -6.92. The third-order valence-electron chi connectivity index (χ3n) is 11.8. The van der Waals surface area contributed by atoms with Gasteiger partial charge >= 0.3 is 5.97 Å². The molecule has 7 heterocycles. The van der Waals surface area contributed by atoms with E-state index >= 15 is 0 Å². The molecule has 0 radical (unpaired) electrons. The maximum Gasteiger partial charge on any atom is 0.347 e. The number of carbonyl (C=O) groups excluding carboxylic acids is 2. The van der Waals surface area contributed by atoms with E-state index in [1.54, 1.807) is 37.4 Å². The molecule has 3 aliphatic rings. The van der Waals surface area contributed by atoms with Crippen LogP contribution in [0.5, 0.6) is 23.0 Å². The number of hydrogen-bond donors (Lipinski definition) is 3. The van der Waals surface area contributed by atoms with Gasteiger partial charge < -0.3 is 29.7 Å². The van der Waals surface area contributed by atoms with E-state index in [0.29, 0.717) is 65.6 Å². The molecule has 0 atom stereocenters. The number of nitrogens with one attached hydrogen (secondary N) is 1. The summed E-state index contributed by atoms with van der Waals surface area (Å²) in [5.41, 5.74) is 2.09. The number of hydrogen-bond acceptors (Lipinski definition) is 13. The summed E-state index contributed by atoms with van der Waals surface area (Å²) in [7, 11) is 0. The van der Waals surface area contributed by atoms with Crippen LogP contribution in [0.2, 0.25) is 0 Å². The molecule has 4 aromatic heterocycles. The van der Waals surface area contributed by atoms with Crippen molar-refractivity contribution in [1.82, 2.24) is 34.2 Å². The van der Waals surface area contributed by atoms with Crippen molar-refractivity contribution in [3.63, 3.8) is 0 Å². The normalized spacial score (nSPS) is 14.7. The zero-order valence-electron chi connectivity index (χ0n) is 36.2. The molecule has 0 spiro atoms. The number of ether oxygens (including phenoxy) is 3. The van der Waals surface area contributed by atoms with Crippen molar-refractivity contribution >= 4 is 33.9 Å². The molecule has 16 nitrogen and oxygen atoms in total. The minimum Gasteiger partial charge on any atom is -0.505 e. The lowest BCUT2D eigenvalue weighted by atomic mass is 10.0. The molecule has 3 aliphatic heterocycles. The highest BCUT2D eigenvalue weighted by Gasteiger charge is 2.31. The fourth-order valence-corrected chi connectivity index (χ4v) is 8.44.